The maximum absolute atomic E-state index is 12.6. The van der Waals surface area contributed by atoms with E-state index < -0.39 is 0 Å². The summed E-state index contributed by atoms with van der Waals surface area (Å²) >= 11 is 7.31. The van der Waals surface area contributed by atoms with Gasteiger partial charge in [0, 0.05) is 17.4 Å². The first kappa shape index (κ1) is 21.2. The van der Waals surface area contributed by atoms with Crippen molar-refractivity contribution in [3.63, 3.8) is 0 Å². The molecule has 0 saturated carbocycles. The maximum atomic E-state index is 12.6. The van der Waals surface area contributed by atoms with Gasteiger partial charge in [-0.15, -0.1) is 11.3 Å². The van der Waals surface area contributed by atoms with Crippen LogP contribution < -0.4 is 10.1 Å². The molecule has 0 aliphatic rings. The van der Waals surface area contributed by atoms with Crippen LogP contribution in [0, 0.1) is 13.8 Å². The molecule has 2 aromatic carbocycles. The second kappa shape index (κ2) is 9.37. The van der Waals surface area contributed by atoms with Gasteiger partial charge in [0.15, 0.2) is 0 Å². The van der Waals surface area contributed by atoms with E-state index in [2.05, 4.69) is 23.4 Å². The number of amides is 1. The van der Waals surface area contributed by atoms with Crippen LogP contribution >= 0.6 is 22.9 Å². The standard InChI is InChI=1S/C24H22ClN3O2S/c1-16-4-3-5-22(17(16)2)30-14-19-10-23(31-15-19)24(29)27-21-8-6-18(7-9-21)12-28-13-20(25)11-26-28/h3-11,13,15H,12,14H2,1-2H3,(H,27,29). The highest BCUT2D eigenvalue weighted by Crippen LogP contribution is 2.23. The van der Waals surface area contributed by atoms with Crippen molar-refractivity contribution >= 4 is 34.5 Å². The summed E-state index contributed by atoms with van der Waals surface area (Å²) in [7, 11) is 0. The Morgan fingerprint density at radius 3 is 2.71 bits per heavy atom. The van der Waals surface area contributed by atoms with Gasteiger partial charge in [0.25, 0.3) is 5.91 Å². The van der Waals surface area contributed by atoms with Crippen molar-refractivity contribution in [2.24, 2.45) is 0 Å². The molecule has 0 aliphatic carbocycles. The lowest BCUT2D eigenvalue weighted by Crippen LogP contribution is -2.10. The molecule has 0 atom stereocenters. The molecule has 5 nitrogen and oxygen atoms in total. The minimum Gasteiger partial charge on any atom is -0.489 e. The molecule has 1 N–H and O–H groups in total. The van der Waals surface area contributed by atoms with Crippen LogP contribution in [-0.4, -0.2) is 15.7 Å². The fourth-order valence-electron chi connectivity index (χ4n) is 3.11. The summed E-state index contributed by atoms with van der Waals surface area (Å²) in [5.74, 6) is 0.740. The first-order valence-electron chi connectivity index (χ1n) is 9.82. The lowest BCUT2D eigenvalue weighted by molar-refractivity contribution is 0.103. The Bertz CT molecular complexity index is 1200. The van der Waals surface area contributed by atoms with Crippen LogP contribution in [0.25, 0.3) is 0 Å². The molecule has 2 aromatic heterocycles. The van der Waals surface area contributed by atoms with Crippen molar-refractivity contribution in [1.82, 2.24) is 9.78 Å². The Hall–Kier alpha value is -3.09. The zero-order chi connectivity index (χ0) is 21.8. The number of aryl methyl sites for hydroxylation is 1. The number of anilines is 1. The molecule has 0 fully saturated rings. The molecule has 4 rings (SSSR count). The maximum Gasteiger partial charge on any atom is 0.265 e. The molecule has 0 radical (unpaired) electrons. The van der Waals surface area contributed by atoms with E-state index in [9.17, 15) is 4.79 Å². The van der Waals surface area contributed by atoms with Crippen molar-refractivity contribution in [3.05, 3.63) is 98.5 Å². The minimum absolute atomic E-state index is 0.130. The largest absolute Gasteiger partial charge is 0.489 e. The Morgan fingerprint density at radius 1 is 1.16 bits per heavy atom. The summed E-state index contributed by atoms with van der Waals surface area (Å²) in [6.45, 7) is 5.16. The van der Waals surface area contributed by atoms with Crippen LogP contribution in [0.3, 0.4) is 0 Å². The summed E-state index contributed by atoms with van der Waals surface area (Å²) in [6.07, 6.45) is 3.38. The van der Waals surface area contributed by atoms with Gasteiger partial charge in [0.2, 0.25) is 0 Å². The van der Waals surface area contributed by atoms with Crippen LogP contribution in [0.4, 0.5) is 5.69 Å². The summed E-state index contributed by atoms with van der Waals surface area (Å²) in [5.41, 5.74) is 5.12. The van der Waals surface area contributed by atoms with Crippen molar-refractivity contribution in [2.45, 2.75) is 27.0 Å². The number of ether oxygens (including phenoxy) is 1. The first-order chi connectivity index (χ1) is 15.0. The Kier molecular flexibility index (Phi) is 6.39. The Labute approximate surface area is 190 Å². The number of nitrogens with one attached hydrogen (secondary N) is 1. The Balaban J connectivity index is 1.33. The molecule has 0 bridgehead atoms. The van der Waals surface area contributed by atoms with E-state index in [1.807, 2.05) is 54.8 Å². The van der Waals surface area contributed by atoms with Crippen LogP contribution in [0.5, 0.6) is 5.75 Å². The van der Waals surface area contributed by atoms with E-state index in [0.29, 0.717) is 23.1 Å². The number of carbonyl (C=O) groups is 1. The zero-order valence-electron chi connectivity index (χ0n) is 17.3. The molecular weight excluding hydrogens is 430 g/mol. The topological polar surface area (TPSA) is 56.1 Å². The van der Waals surface area contributed by atoms with Crippen molar-refractivity contribution in [3.8, 4) is 5.75 Å². The highest BCUT2D eigenvalue weighted by atomic mass is 35.5. The number of aromatic nitrogens is 2. The molecule has 0 aliphatic heterocycles. The molecule has 2 heterocycles. The second-order valence-corrected chi connectivity index (χ2v) is 8.66. The summed E-state index contributed by atoms with van der Waals surface area (Å²) in [4.78, 5) is 13.3. The summed E-state index contributed by atoms with van der Waals surface area (Å²) in [5, 5.41) is 9.68. The van der Waals surface area contributed by atoms with Crippen molar-refractivity contribution in [2.75, 3.05) is 5.32 Å². The van der Waals surface area contributed by atoms with Gasteiger partial charge in [-0.3, -0.25) is 9.48 Å². The second-order valence-electron chi connectivity index (χ2n) is 7.31. The van der Waals surface area contributed by atoms with Gasteiger partial charge in [-0.1, -0.05) is 35.9 Å². The number of hydrogen-bond acceptors (Lipinski definition) is 4. The number of hydrogen-bond donors (Lipinski definition) is 1. The number of nitrogens with zero attached hydrogens (tertiary/aromatic N) is 2. The molecule has 0 spiro atoms. The molecule has 7 heteroatoms. The molecule has 158 valence electrons. The van der Waals surface area contributed by atoms with Gasteiger partial charge in [-0.2, -0.15) is 5.10 Å². The summed E-state index contributed by atoms with van der Waals surface area (Å²) in [6, 6.07) is 15.6. The first-order valence-corrected chi connectivity index (χ1v) is 11.1. The van der Waals surface area contributed by atoms with Gasteiger partial charge in [0.1, 0.15) is 12.4 Å². The molecule has 1 amide bonds. The fourth-order valence-corrected chi connectivity index (χ4v) is 4.06. The average molecular weight is 452 g/mol. The van der Waals surface area contributed by atoms with E-state index in [0.717, 1.165) is 28.1 Å². The third kappa shape index (κ3) is 5.34. The summed E-state index contributed by atoms with van der Waals surface area (Å²) < 4.78 is 7.71. The van der Waals surface area contributed by atoms with E-state index in [4.69, 9.17) is 16.3 Å². The molecule has 0 unspecified atom stereocenters. The van der Waals surface area contributed by atoms with Crippen LogP contribution in [0.15, 0.2) is 66.3 Å². The Morgan fingerprint density at radius 2 is 1.97 bits per heavy atom. The van der Waals surface area contributed by atoms with Gasteiger partial charge < -0.3 is 10.1 Å². The number of rotatable bonds is 7. The highest BCUT2D eigenvalue weighted by molar-refractivity contribution is 7.12. The van der Waals surface area contributed by atoms with Crippen molar-refractivity contribution < 1.29 is 9.53 Å². The predicted molar refractivity (Wildman–Crippen MR) is 125 cm³/mol. The third-order valence-corrected chi connectivity index (χ3v) is 6.16. The molecule has 0 saturated heterocycles. The number of thiophene rings is 1. The number of carbonyl (C=O) groups excluding carboxylic acids is 1. The van der Waals surface area contributed by atoms with Gasteiger partial charge in [-0.05, 0) is 60.2 Å². The van der Waals surface area contributed by atoms with Gasteiger partial charge in [-0.25, -0.2) is 0 Å². The molecular formula is C24H22ClN3O2S. The third-order valence-electron chi connectivity index (χ3n) is 4.98. The predicted octanol–water partition coefficient (Wildman–Crippen LogP) is 6.09. The smallest absolute Gasteiger partial charge is 0.265 e. The monoisotopic (exact) mass is 451 g/mol. The zero-order valence-corrected chi connectivity index (χ0v) is 18.8. The number of halogens is 1. The quantitative estimate of drug-likeness (QED) is 0.369. The molecule has 31 heavy (non-hydrogen) atoms. The van der Waals surface area contributed by atoms with E-state index in [-0.39, 0.29) is 5.91 Å². The fraction of sp³-hybridized carbons (Fsp3) is 0.167. The normalized spacial score (nSPS) is 10.8. The minimum atomic E-state index is -0.130. The van der Waals surface area contributed by atoms with Crippen LogP contribution in [0.1, 0.15) is 31.9 Å². The lowest BCUT2D eigenvalue weighted by atomic mass is 10.1. The van der Waals surface area contributed by atoms with E-state index in [1.165, 1.54) is 16.9 Å². The van der Waals surface area contributed by atoms with Gasteiger partial charge >= 0.3 is 0 Å². The van der Waals surface area contributed by atoms with Crippen LogP contribution in [0.2, 0.25) is 5.02 Å². The van der Waals surface area contributed by atoms with E-state index in [1.54, 1.807) is 17.1 Å². The average Bonchev–Trinajstić information content (AvgIpc) is 3.39. The van der Waals surface area contributed by atoms with E-state index >= 15 is 0 Å². The lowest BCUT2D eigenvalue weighted by Gasteiger charge is -2.09. The number of benzene rings is 2. The highest BCUT2D eigenvalue weighted by Gasteiger charge is 2.11. The SMILES string of the molecule is Cc1cccc(OCc2csc(C(=O)Nc3ccc(Cn4cc(Cl)cn4)cc3)c2)c1C. The van der Waals surface area contributed by atoms with Crippen LogP contribution in [-0.2, 0) is 13.2 Å². The van der Waals surface area contributed by atoms with Crippen molar-refractivity contribution in [1.29, 1.82) is 0 Å². The van der Waals surface area contributed by atoms with Gasteiger partial charge in [0.05, 0.1) is 22.6 Å². The molecule has 4 aromatic rings.